The summed E-state index contributed by atoms with van der Waals surface area (Å²) in [6.07, 6.45) is 7.83. The fourth-order valence-corrected chi connectivity index (χ4v) is 3.98. The summed E-state index contributed by atoms with van der Waals surface area (Å²) in [5.41, 5.74) is 2.16. The predicted molar refractivity (Wildman–Crippen MR) is 163 cm³/mol. The summed E-state index contributed by atoms with van der Waals surface area (Å²) in [6.45, 7) is 17.1. The monoisotopic (exact) mass is 599 g/mol. The molecule has 0 spiro atoms. The maximum atomic E-state index is 12.5. The number of allylic oxidation sites excluding steroid dienone is 4. The largest absolute Gasteiger partial charge is 0.381 e. The molecule has 0 bridgehead atoms. The maximum Gasteiger partial charge on any atom is 0.194 e. The first-order valence-corrected chi connectivity index (χ1v) is 14.3. The molecule has 0 radical (unpaired) electrons. The van der Waals surface area contributed by atoms with Crippen LogP contribution in [0.3, 0.4) is 0 Å². The van der Waals surface area contributed by atoms with Crippen LogP contribution in [0.15, 0.2) is 71.0 Å². The van der Waals surface area contributed by atoms with Crippen LogP contribution in [-0.2, 0) is 18.1 Å². The van der Waals surface area contributed by atoms with Crippen molar-refractivity contribution >= 4 is 41.3 Å². The summed E-state index contributed by atoms with van der Waals surface area (Å²) in [6, 6.07) is 11.4. The lowest BCUT2D eigenvalue weighted by molar-refractivity contribution is -0.167. The molecule has 1 heterocycles. The van der Waals surface area contributed by atoms with Gasteiger partial charge in [0, 0.05) is 40.3 Å². The molecular formula is C30H43Cl2NO5S. The molecule has 2 aromatic rings. The van der Waals surface area contributed by atoms with E-state index < -0.39 is 0 Å². The molecule has 1 aliphatic carbocycles. The molecule has 1 aromatic heterocycles. The fraction of sp³-hybridized carbons (Fsp3) is 0.500. The highest BCUT2D eigenvalue weighted by molar-refractivity contribution is 7.89. The Bertz CT molecular complexity index is 1020. The molecule has 9 heteroatoms. The minimum absolute atomic E-state index is 0.00144. The van der Waals surface area contributed by atoms with E-state index in [-0.39, 0.29) is 17.1 Å². The first-order chi connectivity index (χ1) is 18.3. The van der Waals surface area contributed by atoms with E-state index in [9.17, 15) is 4.79 Å². The second kappa shape index (κ2) is 18.0. The summed E-state index contributed by atoms with van der Waals surface area (Å²) in [4.78, 5) is 16.8. The van der Waals surface area contributed by atoms with E-state index in [1.54, 1.807) is 12.2 Å². The van der Waals surface area contributed by atoms with Crippen molar-refractivity contribution in [1.82, 2.24) is 4.57 Å². The number of aromatic nitrogens is 1. The van der Waals surface area contributed by atoms with Gasteiger partial charge in [-0.1, -0.05) is 64.7 Å². The Hall–Kier alpha value is -1.58. The first-order valence-electron chi connectivity index (χ1n) is 12.8. The molecule has 39 heavy (non-hydrogen) atoms. The van der Waals surface area contributed by atoms with E-state index in [0.29, 0.717) is 34.1 Å². The molecule has 3 rings (SSSR count). The van der Waals surface area contributed by atoms with Crippen LogP contribution in [0.4, 0.5) is 0 Å². The number of carbonyl (C=O) groups is 1. The highest BCUT2D eigenvalue weighted by atomic mass is 35.5. The number of halogens is 2. The van der Waals surface area contributed by atoms with Gasteiger partial charge in [-0.3, -0.25) is 8.98 Å². The van der Waals surface area contributed by atoms with Crippen LogP contribution in [0.1, 0.15) is 65.2 Å². The zero-order valence-corrected chi connectivity index (χ0v) is 26.7. The lowest BCUT2D eigenvalue weighted by Gasteiger charge is -2.18. The number of ketones is 1. The standard InChI is InChI=1S/C17H13Cl2NO.C7H16O.C6H14O3S/c18-13-5-8-16(19)15(11-13)17(21)12-3-6-14(7-4-12)20-9-1-2-10-20;1-5-8-6-7(2,3)4;1-6(2,3)5-8-10-9-7-4/h1-10,15H,11H2;5-6H2,1-4H3;5H2,1-4H3. The van der Waals surface area contributed by atoms with Crippen molar-refractivity contribution in [3.05, 3.63) is 76.6 Å². The van der Waals surface area contributed by atoms with Gasteiger partial charge in [-0.25, -0.2) is 4.89 Å². The molecule has 0 aliphatic heterocycles. The van der Waals surface area contributed by atoms with Gasteiger partial charge in [0.25, 0.3) is 0 Å². The Morgan fingerprint density at radius 2 is 1.56 bits per heavy atom. The van der Waals surface area contributed by atoms with E-state index >= 15 is 0 Å². The third kappa shape index (κ3) is 15.7. The van der Waals surface area contributed by atoms with Crippen LogP contribution in [0.2, 0.25) is 0 Å². The van der Waals surface area contributed by atoms with Gasteiger partial charge in [-0.05, 0) is 72.7 Å². The van der Waals surface area contributed by atoms with Crippen molar-refractivity contribution in [1.29, 1.82) is 0 Å². The summed E-state index contributed by atoms with van der Waals surface area (Å²) >= 11 is 13.0. The quantitative estimate of drug-likeness (QED) is 0.0941. The highest BCUT2D eigenvalue weighted by Crippen LogP contribution is 2.32. The van der Waals surface area contributed by atoms with Crippen molar-refractivity contribution in [2.75, 3.05) is 26.9 Å². The Morgan fingerprint density at radius 1 is 0.974 bits per heavy atom. The Labute approximate surface area is 249 Å². The average molecular weight is 601 g/mol. The Kier molecular flexibility index (Phi) is 16.3. The second-order valence-electron chi connectivity index (χ2n) is 11.2. The smallest absolute Gasteiger partial charge is 0.194 e. The first kappa shape index (κ1) is 35.4. The molecule has 1 aliphatic rings. The van der Waals surface area contributed by atoms with Crippen molar-refractivity contribution in [3.8, 4) is 5.69 Å². The number of ether oxygens (including phenoxy) is 1. The Morgan fingerprint density at radius 3 is 2.05 bits per heavy atom. The molecule has 0 amide bonds. The minimum atomic E-state index is -0.374. The van der Waals surface area contributed by atoms with Crippen LogP contribution >= 0.6 is 35.5 Å². The minimum Gasteiger partial charge on any atom is -0.381 e. The van der Waals surface area contributed by atoms with E-state index in [1.165, 1.54) is 7.11 Å². The number of rotatable bonds is 9. The number of carbonyl (C=O) groups excluding carboxylic acids is 1. The maximum absolute atomic E-state index is 12.5. The van der Waals surface area contributed by atoms with Gasteiger partial charge in [-0.15, -0.1) is 4.33 Å². The summed E-state index contributed by atoms with van der Waals surface area (Å²) < 4.78 is 16.6. The molecule has 6 nitrogen and oxygen atoms in total. The van der Waals surface area contributed by atoms with Crippen molar-refractivity contribution < 1.29 is 22.9 Å². The van der Waals surface area contributed by atoms with Gasteiger partial charge in [0.05, 0.1) is 26.2 Å². The van der Waals surface area contributed by atoms with Gasteiger partial charge in [0.1, 0.15) is 0 Å². The molecule has 0 saturated carbocycles. The van der Waals surface area contributed by atoms with Gasteiger partial charge in [0.15, 0.2) is 18.1 Å². The van der Waals surface area contributed by atoms with Crippen molar-refractivity contribution in [2.45, 2.75) is 54.9 Å². The van der Waals surface area contributed by atoms with E-state index in [1.807, 2.05) is 60.3 Å². The number of hydrogen-bond donors (Lipinski definition) is 0. The van der Waals surface area contributed by atoms with Crippen LogP contribution in [-0.4, -0.2) is 37.3 Å². The normalized spacial score (nSPS) is 15.3. The second-order valence-corrected chi connectivity index (χ2v) is 12.7. The van der Waals surface area contributed by atoms with E-state index in [2.05, 4.69) is 50.8 Å². The Balaban J connectivity index is 0.000000354. The molecule has 218 valence electrons. The number of benzene rings is 1. The zero-order valence-electron chi connectivity index (χ0n) is 24.3. The van der Waals surface area contributed by atoms with Crippen molar-refractivity contribution in [3.63, 3.8) is 0 Å². The molecule has 0 N–H and O–H groups in total. The average Bonchev–Trinajstić information content (AvgIpc) is 3.41. The molecule has 1 atom stereocenters. The lowest BCUT2D eigenvalue weighted by Crippen LogP contribution is -2.17. The number of nitrogens with zero attached hydrogens (tertiary/aromatic N) is 1. The summed E-state index contributed by atoms with van der Waals surface area (Å²) in [5, 5.41) is 1.19. The van der Waals surface area contributed by atoms with Gasteiger partial charge in [0.2, 0.25) is 0 Å². The van der Waals surface area contributed by atoms with E-state index in [4.69, 9.17) is 32.1 Å². The molecule has 1 unspecified atom stereocenters. The molecule has 0 fully saturated rings. The van der Waals surface area contributed by atoms with Crippen LogP contribution in [0, 0.1) is 16.7 Å². The van der Waals surface area contributed by atoms with Crippen LogP contribution in [0.25, 0.3) is 5.69 Å². The SMILES string of the molecule is CCOCC(C)(C)C.COOSOCC(C)(C)C.O=C(c1ccc(-n2cccc2)cc1)C1CC(Cl)=CC=C1Cl. The zero-order chi connectivity index (χ0) is 29.5. The van der Waals surface area contributed by atoms with Crippen LogP contribution in [0.5, 0.6) is 0 Å². The van der Waals surface area contributed by atoms with Gasteiger partial charge >= 0.3 is 0 Å². The third-order valence-electron chi connectivity index (χ3n) is 4.90. The fourth-order valence-electron chi connectivity index (χ4n) is 3.03. The summed E-state index contributed by atoms with van der Waals surface area (Å²) in [7, 11) is 1.44. The predicted octanol–water partition coefficient (Wildman–Crippen LogP) is 9.18. The lowest BCUT2D eigenvalue weighted by atomic mass is 9.91. The van der Waals surface area contributed by atoms with Gasteiger partial charge in [-0.2, -0.15) is 0 Å². The number of Topliss-reactive ketones (excluding diaryl/α,β-unsaturated/α-hetero) is 1. The highest BCUT2D eigenvalue weighted by Gasteiger charge is 2.26. The molecule has 0 saturated heterocycles. The summed E-state index contributed by atoms with van der Waals surface area (Å²) in [5.74, 6) is -0.372. The third-order valence-corrected chi connectivity index (χ3v) is 5.98. The van der Waals surface area contributed by atoms with Gasteiger partial charge < -0.3 is 9.30 Å². The van der Waals surface area contributed by atoms with Crippen LogP contribution < -0.4 is 0 Å². The number of hydrogen-bond acceptors (Lipinski definition) is 6. The van der Waals surface area contributed by atoms with E-state index in [0.717, 1.165) is 31.2 Å². The van der Waals surface area contributed by atoms with Crippen molar-refractivity contribution in [2.24, 2.45) is 16.7 Å². The topological polar surface area (TPSA) is 58.9 Å². The molecule has 1 aromatic carbocycles. The molecular weight excluding hydrogens is 557 g/mol.